The highest BCUT2D eigenvalue weighted by atomic mass is 35.5. The van der Waals surface area contributed by atoms with Crippen molar-refractivity contribution in [2.75, 3.05) is 18.6 Å². The standard InChI is InChI=1S/C27H22ClN3O4/c1-34-21-7-5-17(6-8-21)16-35-25-14-31(20(15-32)12-24(25)33)19-4-2-3-18(11-19)26-22-9-10-29-27(22)30-13-23(26)28/h2-13,15,25H,14,16H2,1H3,(H,29,30). The van der Waals surface area contributed by atoms with Crippen molar-refractivity contribution in [1.82, 2.24) is 9.97 Å². The van der Waals surface area contributed by atoms with Gasteiger partial charge in [0.25, 0.3) is 0 Å². The molecule has 176 valence electrons. The van der Waals surface area contributed by atoms with Crippen LogP contribution in [0.25, 0.3) is 22.2 Å². The third-order valence-corrected chi connectivity index (χ3v) is 6.27. The number of benzene rings is 2. The lowest BCUT2D eigenvalue weighted by molar-refractivity contribution is -0.126. The van der Waals surface area contributed by atoms with Crippen LogP contribution in [0.1, 0.15) is 5.56 Å². The maximum absolute atomic E-state index is 12.7. The van der Waals surface area contributed by atoms with Gasteiger partial charge in [-0.1, -0.05) is 35.9 Å². The molecule has 7 nitrogen and oxygen atoms in total. The highest BCUT2D eigenvalue weighted by molar-refractivity contribution is 6.34. The minimum atomic E-state index is -0.717. The van der Waals surface area contributed by atoms with Gasteiger partial charge in [-0.25, -0.2) is 4.98 Å². The molecule has 2 aromatic heterocycles. The summed E-state index contributed by atoms with van der Waals surface area (Å²) in [6.45, 7) is 0.475. The van der Waals surface area contributed by atoms with Gasteiger partial charge >= 0.3 is 0 Å². The molecule has 0 bridgehead atoms. The molecule has 1 atom stereocenters. The Morgan fingerprint density at radius 3 is 2.80 bits per heavy atom. The van der Waals surface area contributed by atoms with Crippen molar-refractivity contribution in [2.24, 2.45) is 0 Å². The summed E-state index contributed by atoms with van der Waals surface area (Å²) in [5, 5.41) is 1.42. The fraction of sp³-hybridized carbons (Fsp3) is 0.148. The molecule has 2 aromatic carbocycles. The van der Waals surface area contributed by atoms with Crippen molar-refractivity contribution >= 4 is 40.4 Å². The Balaban J connectivity index is 1.42. The van der Waals surface area contributed by atoms with Crippen LogP contribution >= 0.6 is 11.6 Å². The second-order valence-corrected chi connectivity index (χ2v) is 8.53. The number of ketones is 1. The molecular formula is C27H22ClN3O4. The van der Waals surface area contributed by atoms with E-state index in [1.165, 1.54) is 6.08 Å². The molecule has 0 fully saturated rings. The van der Waals surface area contributed by atoms with E-state index in [0.29, 0.717) is 11.3 Å². The van der Waals surface area contributed by atoms with Crippen molar-refractivity contribution in [3.63, 3.8) is 0 Å². The van der Waals surface area contributed by atoms with E-state index >= 15 is 0 Å². The maximum atomic E-state index is 12.7. The summed E-state index contributed by atoms with van der Waals surface area (Å²) >= 11 is 6.52. The zero-order chi connectivity index (χ0) is 24.4. The van der Waals surface area contributed by atoms with Gasteiger partial charge in [0.2, 0.25) is 0 Å². The second kappa shape index (κ2) is 9.74. The number of fused-ring (bicyclic) bond motifs is 1. The fourth-order valence-electron chi connectivity index (χ4n) is 4.19. The van der Waals surface area contributed by atoms with Crippen LogP contribution in [0.5, 0.6) is 5.75 Å². The zero-order valence-corrected chi connectivity index (χ0v) is 19.7. The number of carbonyl (C=O) groups excluding carboxylic acids is 2. The Labute approximate surface area is 206 Å². The molecule has 1 aliphatic heterocycles. The second-order valence-electron chi connectivity index (χ2n) is 8.12. The van der Waals surface area contributed by atoms with Crippen molar-refractivity contribution in [1.29, 1.82) is 0 Å². The molecule has 0 saturated heterocycles. The Kier molecular flexibility index (Phi) is 6.35. The van der Waals surface area contributed by atoms with Gasteiger partial charge in [0, 0.05) is 35.1 Å². The maximum Gasteiger partial charge on any atom is 0.188 e. The molecule has 1 unspecified atom stereocenters. The van der Waals surface area contributed by atoms with E-state index < -0.39 is 6.10 Å². The highest BCUT2D eigenvalue weighted by Gasteiger charge is 2.29. The number of rotatable bonds is 7. The lowest BCUT2D eigenvalue weighted by Crippen LogP contribution is -2.42. The molecule has 8 heteroatoms. The Morgan fingerprint density at radius 2 is 2.03 bits per heavy atom. The number of anilines is 1. The smallest absolute Gasteiger partial charge is 0.188 e. The molecule has 0 aliphatic carbocycles. The number of aldehydes is 1. The number of ether oxygens (including phenoxy) is 2. The number of H-pyrrole nitrogens is 1. The molecule has 0 radical (unpaired) electrons. The molecule has 1 N–H and O–H groups in total. The van der Waals surface area contributed by atoms with Crippen molar-refractivity contribution in [3.8, 4) is 16.9 Å². The highest BCUT2D eigenvalue weighted by Crippen LogP contribution is 2.36. The Hall–Kier alpha value is -3.94. The van der Waals surface area contributed by atoms with Crippen LogP contribution in [-0.4, -0.2) is 41.8 Å². The van der Waals surface area contributed by atoms with Gasteiger partial charge < -0.3 is 19.4 Å². The third kappa shape index (κ3) is 4.56. The van der Waals surface area contributed by atoms with Crippen LogP contribution in [0.15, 0.2) is 78.8 Å². The number of hydrogen-bond acceptors (Lipinski definition) is 6. The van der Waals surface area contributed by atoms with E-state index in [-0.39, 0.29) is 24.6 Å². The number of pyridine rings is 1. The number of nitrogens with zero attached hydrogens (tertiary/aromatic N) is 2. The minimum absolute atomic E-state index is 0.215. The Morgan fingerprint density at radius 1 is 1.20 bits per heavy atom. The molecule has 4 aromatic rings. The number of carbonyl (C=O) groups is 2. The Bertz CT molecular complexity index is 1430. The molecule has 5 rings (SSSR count). The van der Waals surface area contributed by atoms with E-state index in [2.05, 4.69) is 9.97 Å². The van der Waals surface area contributed by atoms with Crippen LogP contribution in [0.4, 0.5) is 5.69 Å². The monoisotopic (exact) mass is 487 g/mol. The van der Waals surface area contributed by atoms with Crippen LogP contribution in [0.2, 0.25) is 5.02 Å². The van der Waals surface area contributed by atoms with Gasteiger partial charge in [-0.05, 0) is 41.5 Å². The summed E-state index contributed by atoms with van der Waals surface area (Å²) in [6, 6.07) is 17.1. The predicted octanol–water partition coefficient (Wildman–Crippen LogP) is 4.95. The van der Waals surface area contributed by atoms with E-state index in [0.717, 1.165) is 39.2 Å². The lowest BCUT2D eigenvalue weighted by atomic mass is 10.0. The van der Waals surface area contributed by atoms with E-state index in [1.807, 2.05) is 60.8 Å². The lowest BCUT2D eigenvalue weighted by Gasteiger charge is -2.32. The summed E-state index contributed by atoms with van der Waals surface area (Å²) in [7, 11) is 1.61. The summed E-state index contributed by atoms with van der Waals surface area (Å²) in [6.07, 6.45) is 4.74. The molecule has 3 heterocycles. The minimum Gasteiger partial charge on any atom is -0.497 e. The van der Waals surface area contributed by atoms with Gasteiger partial charge in [0.1, 0.15) is 17.5 Å². The number of halogens is 1. The fourth-order valence-corrected chi connectivity index (χ4v) is 4.45. The van der Waals surface area contributed by atoms with Crippen molar-refractivity contribution < 1.29 is 19.1 Å². The van der Waals surface area contributed by atoms with E-state index in [9.17, 15) is 9.59 Å². The third-order valence-electron chi connectivity index (χ3n) is 5.99. The predicted molar refractivity (Wildman–Crippen MR) is 135 cm³/mol. The summed E-state index contributed by atoms with van der Waals surface area (Å²) in [5.41, 5.74) is 4.40. The molecule has 1 aliphatic rings. The molecule has 35 heavy (non-hydrogen) atoms. The normalized spacial score (nSPS) is 15.8. The summed E-state index contributed by atoms with van der Waals surface area (Å²) < 4.78 is 11.1. The molecule has 0 saturated carbocycles. The van der Waals surface area contributed by atoms with E-state index in [4.69, 9.17) is 21.1 Å². The first kappa shape index (κ1) is 22.8. The van der Waals surface area contributed by atoms with Crippen LogP contribution in [-0.2, 0) is 20.9 Å². The number of aromatic amines is 1. The molecular weight excluding hydrogens is 466 g/mol. The number of allylic oxidation sites excluding steroid dienone is 1. The topological polar surface area (TPSA) is 84.5 Å². The first-order valence-electron chi connectivity index (χ1n) is 11.0. The first-order chi connectivity index (χ1) is 17.1. The van der Waals surface area contributed by atoms with Gasteiger partial charge in [-0.3, -0.25) is 9.59 Å². The van der Waals surface area contributed by atoms with Crippen LogP contribution < -0.4 is 9.64 Å². The van der Waals surface area contributed by atoms with Gasteiger partial charge in [-0.2, -0.15) is 0 Å². The number of aromatic nitrogens is 2. The average molecular weight is 488 g/mol. The zero-order valence-electron chi connectivity index (χ0n) is 18.9. The van der Waals surface area contributed by atoms with Gasteiger partial charge in [0.15, 0.2) is 12.1 Å². The van der Waals surface area contributed by atoms with Crippen LogP contribution in [0, 0.1) is 0 Å². The molecule has 0 amide bonds. The largest absolute Gasteiger partial charge is 0.497 e. The first-order valence-corrected chi connectivity index (χ1v) is 11.4. The summed E-state index contributed by atoms with van der Waals surface area (Å²) in [5.74, 6) is 0.512. The van der Waals surface area contributed by atoms with Crippen molar-refractivity contribution in [2.45, 2.75) is 12.7 Å². The quantitative estimate of drug-likeness (QED) is 0.371. The summed E-state index contributed by atoms with van der Waals surface area (Å²) in [4.78, 5) is 33.7. The number of nitrogens with one attached hydrogen (secondary N) is 1. The van der Waals surface area contributed by atoms with Crippen LogP contribution in [0.3, 0.4) is 0 Å². The van der Waals surface area contributed by atoms with Gasteiger partial charge in [0.05, 0.1) is 31.0 Å². The average Bonchev–Trinajstić information content (AvgIpc) is 3.37. The number of hydrogen-bond donors (Lipinski definition) is 1. The molecule has 0 spiro atoms. The number of methoxy groups -OCH3 is 1. The SMILES string of the molecule is COc1ccc(COC2CN(c3cccc(-c4c(Cl)cnc5[nH]ccc45)c3)C(C=O)=CC2=O)cc1. The van der Waals surface area contributed by atoms with E-state index in [1.54, 1.807) is 18.2 Å². The van der Waals surface area contributed by atoms with Gasteiger partial charge in [-0.15, -0.1) is 0 Å². The van der Waals surface area contributed by atoms with Crippen molar-refractivity contribution in [3.05, 3.63) is 89.4 Å².